The van der Waals surface area contributed by atoms with Gasteiger partial charge in [0.05, 0.1) is 11.4 Å². The molecule has 7 heteroatoms. The van der Waals surface area contributed by atoms with Gasteiger partial charge in [0, 0.05) is 18.2 Å². The Morgan fingerprint density at radius 1 is 1.19 bits per heavy atom. The number of benzene rings is 1. The van der Waals surface area contributed by atoms with Gasteiger partial charge in [-0.25, -0.2) is 4.68 Å². The van der Waals surface area contributed by atoms with E-state index in [4.69, 9.17) is 0 Å². The summed E-state index contributed by atoms with van der Waals surface area (Å²) in [6, 6.07) is 7.49. The molecule has 1 heterocycles. The molecule has 0 unspecified atom stereocenters. The van der Waals surface area contributed by atoms with Crippen LogP contribution in [-0.4, -0.2) is 39.4 Å². The minimum Gasteiger partial charge on any atom is -0.352 e. The maximum absolute atomic E-state index is 12.4. The van der Waals surface area contributed by atoms with E-state index in [1.165, 1.54) is 0 Å². The first-order valence-corrected chi connectivity index (χ1v) is 9.63. The average Bonchev–Trinajstić information content (AvgIpc) is 3.37. The van der Waals surface area contributed by atoms with Gasteiger partial charge in [-0.05, 0) is 49.4 Å². The third-order valence-electron chi connectivity index (χ3n) is 4.42. The molecule has 1 aliphatic rings. The van der Waals surface area contributed by atoms with Crippen molar-refractivity contribution >= 4 is 11.8 Å². The van der Waals surface area contributed by atoms with E-state index < -0.39 is 0 Å². The van der Waals surface area contributed by atoms with Crippen LogP contribution in [-0.2, 0) is 6.42 Å². The zero-order chi connectivity index (χ0) is 19.4. The van der Waals surface area contributed by atoms with Gasteiger partial charge < -0.3 is 10.6 Å². The molecule has 0 aliphatic heterocycles. The van der Waals surface area contributed by atoms with Crippen LogP contribution in [0, 0.1) is 5.92 Å². The van der Waals surface area contributed by atoms with Crippen LogP contribution in [0.2, 0.25) is 0 Å². The van der Waals surface area contributed by atoms with Crippen LogP contribution in [0.3, 0.4) is 0 Å². The molecule has 3 rings (SSSR count). The van der Waals surface area contributed by atoms with Crippen molar-refractivity contribution in [1.82, 2.24) is 25.6 Å². The molecule has 0 spiro atoms. The van der Waals surface area contributed by atoms with Crippen molar-refractivity contribution < 1.29 is 9.59 Å². The number of hydrogen-bond acceptors (Lipinski definition) is 4. The second kappa shape index (κ2) is 8.33. The number of amides is 2. The summed E-state index contributed by atoms with van der Waals surface area (Å²) in [5.74, 6) is 0.157. The Hall–Kier alpha value is -2.70. The van der Waals surface area contributed by atoms with E-state index in [1.54, 1.807) is 16.8 Å². The smallest absolute Gasteiger partial charge is 0.273 e. The standard InChI is InChI=1S/C20H27N5O2/c1-4-5-17-18(20(27)22-15-8-9-15)23-24-25(17)16-10-6-14(7-11-16)19(26)21-12-13(2)3/h6-7,10-11,13,15H,4-5,8-9,12H2,1-3H3,(H,21,26)(H,22,27). The van der Waals surface area contributed by atoms with Gasteiger partial charge in [-0.1, -0.05) is 32.4 Å². The van der Waals surface area contributed by atoms with Gasteiger partial charge in [0.25, 0.3) is 11.8 Å². The summed E-state index contributed by atoms with van der Waals surface area (Å²) in [5.41, 5.74) is 2.58. The molecule has 0 saturated heterocycles. The van der Waals surface area contributed by atoms with E-state index in [-0.39, 0.29) is 17.9 Å². The van der Waals surface area contributed by atoms with Crippen molar-refractivity contribution in [2.75, 3.05) is 6.54 Å². The lowest BCUT2D eigenvalue weighted by Crippen LogP contribution is -2.27. The number of nitrogens with zero attached hydrogens (tertiary/aromatic N) is 3. The molecule has 2 N–H and O–H groups in total. The normalized spacial score (nSPS) is 13.6. The zero-order valence-corrected chi connectivity index (χ0v) is 16.2. The molecule has 1 aromatic heterocycles. The summed E-state index contributed by atoms with van der Waals surface area (Å²) in [7, 11) is 0. The Balaban J connectivity index is 1.79. The van der Waals surface area contributed by atoms with Crippen molar-refractivity contribution in [3.8, 4) is 5.69 Å². The molecule has 0 atom stereocenters. The number of carbonyl (C=O) groups is 2. The fourth-order valence-corrected chi connectivity index (χ4v) is 2.78. The molecule has 1 aliphatic carbocycles. The number of rotatable bonds is 8. The van der Waals surface area contributed by atoms with Crippen LogP contribution in [0.4, 0.5) is 0 Å². The highest BCUT2D eigenvalue weighted by Gasteiger charge is 2.27. The van der Waals surface area contributed by atoms with Gasteiger partial charge >= 0.3 is 0 Å². The first kappa shape index (κ1) is 19.1. The first-order valence-electron chi connectivity index (χ1n) is 9.63. The molecular weight excluding hydrogens is 342 g/mol. The lowest BCUT2D eigenvalue weighted by molar-refractivity contribution is 0.0938. The Labute approximate surface area is 159 Å². The maximum atomic E-state index is 12.4. The van der Waals surface area contributed by atoms with Crippen LogP contribution < -0.4 is 10.6 Å². The van der Waals surface area contributed by atoms with Gasteiger partial charge in [-0.2, -0.15) is 0 Å². The Morgan fingerprint density at radius 2 is 1.89 bits per heavy atom. The molecule has 1 saturated carbocycles. The van der Waals surface area contributed by atoms with Crippen molar-refractivity contribution in [3.05, 3.63) is 41.2 Å². The Morgan fingerprint density at radius 3 is 2.48 bits per heavy atom. The minimum atomic E-state index is -0.156. The van der Waals surface area contributed by atoms with Crippen LogP contribution in [0.15, 0.2) is 24.3 Å². The molecule has 0 bridgehead atoms. The largest absolute Gasteiger partial charge is 0.352 e. The van der Waals surface area contributed by atoms with E-state index in [0.29, 0.717) is 30.1 Å². The predicted molar refractivity (Wildman–Crippen MR) is 103 cm³/mol. The first-order chi connectivity index (χ1) is 13.0. The molecular formula is C20H27N5O2. The summed E-state index contributed by atoms with van der Waals surface area (Å²) < 4.78 is 1.70. The van der Waals surface area contributed by atoms with Crippen molar-refractivity contribution in [3.63, 3.8) is 0 Å². The topological polar surface area (TPSA) is 88.9 Å². The van der Waals surface area contributed by atoms with Crippen LogP contribution in [0.25, 0.3) is 5.69 Å². The van der Waals surface area contributed by atoms with E-state index >= 15 is 0 Å². The second-order valence-corrected chi connectivity index (χ2v) is 7.45. The average molecular weight is 369 g/mol. The molecule has 144 valence electrons. The second-order valence-electron chi connectivity index (χ2n) is 7.45. The van der Waals surface area contributed by atoms with Crippen molar-refractivity contribution in [1.29, 1.82) is 0 Å². The molecule has 2 amide bonds. The summed E-state index contributed by atoms with van der Waals surface area (Å²) in [4.78, 5) is 24.6. The molecule has 7 nitrogen and oxygen atoms in total. The minimum absolute atomic E-state index is 0.0906. The van der Waals surface area contributed by atoms with Gasteiger partial charge in [0.1, 0.15) is 0 Å². The van der Waals surface area contributed by atoms with Gasteiger partial charge in [-0.15, -0.1) is 5.10 Å². The monoisotopic (exact) mass is 369 g/mol. The quantitative estimate of drug-likeness (QED) is 0.748. The number of carbonyl (C=O) groups excluding carboxylic acids is 2. The van der Waals surface area contributed by atoms with Crippen LogP contribution in [0.5, 0.6) is 0 Å². The summed E-state index contributed by atoms with van der Waals surface area (Å²) in [5, 5.41) is 14.2. The van der Waals surface area contributed by atoms with Crippen LogP contribution >= 0.6 is 0 Å². The number of hydrogen-bond donors (Lipinski definition) is 2. The van der Waals surface area contributed by atoms with Gasteiger partial charge in [0.15, 0.2) is 5.69 Å². The van der Waals surface area contributed by atoms with Crippen molar-refractivity contribution in [2.45, 2.75) is 52.5 Å². The summed E-state index contributed by atoms with van der Waals surface area (Å²) in [6.07, 6.45) is 3.65. The fourth-order valence-electron chi connectivity index (χ4n) is 2.78. The summed E-state index contributed by atoms with van der Waals surface area (Å²) >= 11 is 0. The van der Waals surface area contributed by atoms with E-state index in [0.717, 1.165) is 30.6 Å². The summed E-state index contributed by atoms with van der Waals surface area (Å²) in [6.45, 7) is 6.81. The zero-order valence-electron chi connectivity index (χ0n) is 16.2. The molecule has 1 aromatic carbocycles. The lowest BCUT2D eigenvalue weighted by Gasteiger charge is -2.10. The molecule has 27 heavy (non-hydrogen) atoms. The van der Waals surface area contributed by atoms with Gasteiger partial charge in [0.2, 0.25) is 0 Å². The number of nitrogens with one attached hydrogen (secondary N) is 2. The van der Waals surface area contributed by atoms with E-state index in [1.807, 2.05) is 12.1 Å². The Bertz CT molecular complexity index is 806. The highest BCUT2D eigenvalue weighted by atomic mass is 16.2. The van der Waals surface area contributed by atoms with E-state index in [9.17, 15) is 9.59 Å². The fraction of sp³-hybridized carbons (Fsp3) is 0.500. The van der Waals surface area contributed by atoms with Gasteiger partial charge in [-0.3, -0.25) is 9.59 Å². The predicted octanol–water partition coefficient (Wildman–Crippen LogP) is 2.50. The molecule has 1 fully saturated rings. The third kappa shape index (κ3) is 4.72. The molecule has 0 radical (unpaired) electrons. The number of aromatic nitrogens is 3. The van der Waals surface area contributed by atoms with E-state index in [2.05, 4.69) is 41.7 Å². The lowest BCUT2D eigenvalue weighted by atomic mass is 10.1. The third-order valence-corrected chi connectivity index (χ3v) is 4.42. The SMILES string of the molecule is CCCc1c(C(=O)NC2CC2)nnn1-c1ccc(C(=O)NCC(C)C)cc1. The maximum Gasteiger partial charge on any atom is 0.273 e. The highest BCUT2D eigenvalue weighted by Crippen LogP contribution is 2.21. The van der Waals surface area contributed by atoms with Crippen LogP contribution in [0.1, 0.15) is 66.6 Å². The molecule has 2 aromatic rings. The van der Waals surface area contributed by atoms with Crippen molar-refractivity contribution in [2.24, 2.45) is 5.92 Å². The highest BCUT2D eigenvalue weighted by molar-refractivity contribution is 5.94. The Kier molecular flexibility index (Phi) is 5.88.